The van der Waals surface area contributed by atoms with Crippen LogP contribution in [0.1, 0.15) is 22.5 Å². The first kappa shape index (κ1) is 21.9. The van der Waals surface area contributed by atoms with Crippen molar-refractivity contribution in [3.63, 3.8) is 0 Å². The number of carbonyl (C=O) groups is 2. The second-order valence-electron chi connectivity index (χ2n) is 7.77. The number of aryl methyl sites for hydroxylation is 1. The van der Waals surface area contributed by atoms with Crippen LogP contribution in [0.15, 0.2) is 59.0 Å². The van der Waals surface area contributed by atoms with Crippen LogP contribution < -0.4 is 10.6 Å². The van der Waals surface area contributed by atoms with Crippen LogP contribution in [0.3, 0.4) is 0 Å². The monoisotopic (exact) mass is 436 g/mol. The minimum Gasteiger partial charge on any atom is -0.459 e. The number of amides is 2. The minimum atomic E-state index is -0.468. The van der Waals surface area contributed by atoms with Gasteiger partial charge >= 0.3 is 0 Å². The van der Waals surface area contributed by atoms with E-state index in [1.54, 1.807) is 18.2 Å². The van der Waals surface area contributed by atoms with E-state index in [1.807, 2.05) is 42.1 Å². The van der Waals surface area contributed by atoms with Crippen LogP contribution in [0.4, 0.5) is 0 Å². The molecule has 8 heteroatoms. The van der Waals surface area contributed by atoms with Gasteiger partial charge in [-0.15, -0.1) is 0 Å². The van der Waals surface area contributed by atoms with Crippen molar-refractivity contribution in [3.8, 4) is 0 Å². The summed E-state index contributed by atoms with van der Waals surface area (Å²) in [6, 6.07) is 11.1. The third kappa shape index (κ3) is 5.27. The van der Waals surface area contributed by atoms with E-state index >= 15 is 0 Å². The molecule has 2 amide bonds. The smallest absolute Gasteiger partial charge is 0.291 e. The lowest BCUT2D eigenvalue weighted by Crippen LogP contribution is -2.39. The molecule has 0 atom stereocenters. The maximum Gasteiger partial charge on any atom is 0.291 e. The highest BCUT2D eigenvalue weighted by molar-refractivity contribution is 6.05. The quantitative estimate of drug-likeness (QED) is 0.418. The van der Waals surface area contributed by atoms with Crippen molar-refractivity contribution in [3.05, 3.63) is 65.9 Å². The number of hydrogen-bond acceptors (Lipinski definition) is 5. The summed E-state index contributed by atoms with van der Waals surface area (Å²) < 4.78 is 12.5. The van der Waals surface area contributed by atoms with Gasteiger partial charge in [-0.25, -0.2) is 0 Å². The molecule has 1 saturated heterocycles. The number of furan rings is 1. The van der Waals surface area contributed by atoms with E-state index in [9.17, 15) is 9.59 Å². The Morgan fingerprint density at radius 2 is 1.94 bits per heavy atom. The summed E-state index contributed by atoms with van der Waals surface area (Å²) in [5.41, 5.74) is 2.07. The van der Waals surface area contributed by atoms with Gasteiger partial charge in [-0.2, -0.15) is 0 Å². The lowest BCUT2D eigenvalue weighted by molar-refractivity contribution is -0.117. The van der Waals surface area contributed by atoms with Crippen LogP contribution in [-0.4, -0.2) is 60.7 Å². The topological polar surface area (TPSA) is 88.7 Å². The summed E-state index contributed by atoms with van der Waals surface area (Å²) in [4.78, 5) is 27.9. The van der Waals surface area contributed by atoms with Crippen molar-refractivity contribution in [1.29, 1.82) is 0 Å². The molecule has 3 heterocycles. The van der Waals surface area contributed by atoms with Gasteiger partial charge in [0.05, 0.1) is 19.5 Å². The number of benzene rings is 1. The van der Waals surface area contributed by atoms with Gasteiger partial charge in [0.15, 0.2) is 5.76 Å². The summed E-state index contributed by atoms with van der Waals surface area (Å²) in [5, 5.41) is 6.64. The van der Waals surface area contributed by atoms with Crippen LogP contribution in [0.5, 0.6) is 0 Å². The molecule has 168 valence electrons. The van der Waals surface area contributed by atoms with Crippen LogP contribution in [-0.2, 0) is 16.6 Å². The van der Waals surface area contributed by atoms with Gasteiger partial charge in [-0.1, -0.05) is 18.2 Å². The van der Waals surface area contributed by atoms with Crippen LogP contribution >= 0.6 is 0 Å². The maximum absolute atomic E-state index is 13.0. The van der Waals surface area contributed by atoms with Gasteiger partial charge in [-0.3, -0.25) is 14.5 Å². The molecule has 2 aromatic heterocycles. The number of hydrogen-bond donors (Lipinski definition) is 2. The first-order chi connectivity index (χ1) is 15.6. The van der Waals surface area contributed by atoms with E-state index in [4.69, 9.17) is 9.15 Å². The molecule has 1 aliphatic rings. The zero-order valence-corrected chi connectivity index (χ0v) is 18.2. The number of rotatable bonds is 8. The van der Waals surface area contributed by atoms with Crippen molar-refractivity contribution in [2.24, 2.45) is 7.05 Å². The molecule has 3 aromatic rings. The number of carbonyl (C=O) groups excluding carboxylic acids is 2. The zero-order valence-electron chi connectivity index (χ0n) is 18.2. The van der Waals surface area contributed by atoms with Gasteiger partial charge in [0.1, 0.15) is 5.70 Å². The van der Waals surface area contributed by atoms with Gasteiger partial charge in [0.2, 0.25) is 0 Å². The van der Waals surface area contributed by atoms with E-state index in [0.29, 0.717) is 6.54 Å². The SMILES string of the molecule is Cn1cc(/C=C(\NC(=O)c2ccco2)C(=O)NCCCN2CCOCC2)c2ccccc21. The van der Waals surface area contributed by atoms with E-state index in [-0.39, 0.29) is 17.4 Å². The Morgan fingerprint density at radius 1 is 1.12 bits per heavy atom. The minimum absolute atomic E-state index is 0.147. The highest BCUT2D eigenvalue weighted by Crippen LogP contribution is 2.22. The number of nitrogens with one attached hydrogen (secondary N) is 2. The van der Waals surface area contributed by atoms with Crippen LogP contribution in [0.2, 0.25) is 0 Å². The van der Waals surface area contributed by atoms with E-state index in [1.165, 1.54) is 6.26 Å². The van der Waals surface area contributed by atoms with Crippen LogP contribution in [0, 0.1) is 0 Å². The predicted molar refractivity (Wildman–Crippen MR) is 122 cm³/mol. The van der Waals surface area contributed by atoms with Crippen molar-refractivity contribution < 1.29 is 18.7 Å². The molecule has 0 radical (unpaired) electrons. The first-order valence-corrected chi connectivity index (χ1v) is 10.8. The van der Waals surface area contributed by atoms with Crippen molar-refractivity contribution in [1.82, 2.24) is 20.1 Å². The zero-order chi connectivity index (χ0) is 22.3. The lowest BCUT2D eigenvalue weighted by Gasteiger charge is -2.26. The van der Waals surface area contributed by atoms with Gasteiger partial charge in [-0.05, 0) is 37.2 Å². The van der Waals surface area contributed by atoms with E-state index < -0.39 is 5.91 Å². The summed E-state index contributed by atoms with van der Waals surface area (Å²) >= 11 is 0. The number of para-hydroxylation sites is 1. The highest BCUT2D eigenvalue weighted by Gasteiger charge is 2.17. The molecule has 2 N–H and O–H groups in total. The normalized spacial score (nSPS) is 15.1. The van der Waals surface area contributed by atoms with Crippen molar-refractivity contribution in [2.75, 3.05) is 39.4 Å². The second-order valence-corrected chi connectivity index (χ2v) is 7.77. The number of aromatic nitrogens is 1. The number of ether oxygens (including phenoxy) is 1. The van der Waals surface area contributed by atoms with E-state index in [0.717, 1.165) is 55.7 Å². The molecule has 32 heavy (non-hydrogen) atoms. The van der Waals surface area contributed by atoms with Gasteiger partial charge in [0.25, 0.3) is 11.8 Å². The third-order valence-electron chi connectivity index (χ3n) is 5.51. The molecular formula is C24H28N4O4. The molecule has 8 nitrogen and oxygen atoms in total. The molecule has 1 aliphatic heterocycles. The third-order valence-corrected chi connectivity index (χ3v) is 5.51. The molecular weight excluding hydrogens is 408 g/mol. The lowest BCUT2D eigenvalue weighted by atomic mass is 10.1. The van der Waals surface area contributed by atoms with E-state index in [2.05, 4.69) is 15.5 Å². The van der Waals surface area contributed by atoms with Gasteiger partial charge in [0, 0.05) is 49.3 Å². The van der Waals surface area contributed by atoms with Gasteiger partial charge < -0.3 is 24.4 Å². The Labute approximate surface area is 186 Å². The standard InChI is InChI=1S/C24H28N4O4/c1-27-17-18(19-6-2-3-7-21(19)27)16-20(26-24(30)22-8-4-13-32-22)23(29)25-9-5-10-28-11-14-31-15-12-28/h2-4,6-8,13,16-17H,5,9-12,14-15H2,1H3,(H,25,29)(H,26,30)/b20-16-. The molecule has 0 unspecified atom stereocenters. The fourth-order valence-electron chi connectivity index (χ4n) is 3.82. The molecule has 0 saturated carbocycles. The Bertz CT molecular complexity index is 1090. The average molecular weight is 437 g/mol. The molecule has 4 rings (SSSR count). The Hall–Kier alpha value is -3.36. The van der Waals surface area contributed by atoms with Crippen LogP contribution in [0.25, 0.3) is 17.0 Å². The molecule has 0 spiro atoms. The highest BCUT2D eigenvalue weighted by atomic mass is 16.5. The summed E-state index contributed by atoms with van der Waals surface area (Å²) in [6.45, 7) is 4.75. The second kappa shape index (κ2) is 10.3. The number of fused-ring (bicyclic) bond motifs is 1. The molecule has 0 bridgehead atoms. The number of morpholine rings is 1. The summed E-state index contributed by atoms with van der Waals surface area (Å²) in [5.74, 6) is -0.654. The largest absolute Gasteiger partial charge is 0.459 e. The summed E-state index contributed by atoms with van der Waals surface area (Å²) in [6.07, 6.45) is 5.89. The maximum atomic E-state index is 13.0. The first-order valence-electron chi connectivity index (χ1n) is 10.8. The fourth-order valence-corrected chi connectivity index (χ4v) is 3.82. The van der Waals surface area contributed by atoms with Crippen molar-refractivity contribution >= 4 is 28.8 Å². The molecule has 1 fully saturated rings. The number of nitrogens with zero attached hydrogens (tertiary/aromatic N) is 2. The molecule has 0 aliphatic carbocycles. The van der Waals surface area contributed by atoms with Crippen molar-refractivity contribution in [2.45, 2.75) is 6.42 Å². The average Bonchev–Trinajstić information content (AvgIpc) is 3.46. The Balaban J connectivity index is 1.48. The Kier molecular flexibility index (Phi) is 7.03. The Morgan fingerprint density at radius 3 is 2.72 bits per heavy atom. The fraction of sp³-hybridized carbons (Fsp3) is 0.333. The predicted octanol–water partition coefficient (Wildman–Crippen LogP) is 2.38. The summed E-state index contributed by atoms with van der Waals surface area (Å²) in [7, 11) is 1.95. The molecule has 1 aromatic carbocycles.